The molecule has 2 aliphatic carbocycles. The van der Waals surface area contributed by atoms with Crippen LogP contribution in [0.15, 0.2) is 46.2 Å². The first-order valence-electron chi connectivity index (χ1n) is 6.70. The van der Waals surface area contributed by atoms with Crippen LogP contribution in [0.2, 0.25) is 0 Å². The van der Waals surface area contributed by atoms with Crippen molar-refractivity contribution in [1.29, 1.82) is 0 Å². The molecule has 18 heavy (non-hydrogen) atoms. The molecule has 3 rings (SSSR count). The molecule has 2 aliphatic rings. The van der Waals surface area contributed by atoms with Crippen LogP contribution in [0.25, 0.3) is 0 Å². The van der Waals surface area contributed by atoms with Crippen LogP contribution >= 0.6 is 0 Å². The maximum Gasteiger partial charge on any atom is 0.202 e. The lowest BCUT2D eigenvalue weighted by Crippen LogP contribution is -2.21. The van der Waals surface area contributed by atoms with Gasteiger partial charge in [0.1, 0.15) is 0 Å². The van der Waals surface area contributed by atoms with Crippen molar-refractivity contribution in [3.63, 3.8) is 0 Å². The molecule has 1 fully saturated rings. The van der Waals surface area contributed by atoms with E-state index in [1.165, 1.54) is 19.3 Å². The molecule has 0 aromatic heterocycles. The largest absolute Gasteiger partial charge is 0.219 e. The van der Waals surface area contributed by atoms with E-state index in [0.717, 1.165) is 12.8 Å². The van der Waals surface area contributed by atoms with Gasteiger partial charge in [-0.3, -0.25) is 0 Å². The van der Waals surface area contributed by atoms with Crippen LogP contribution in [-0.2, 0) is 9.84 Å². The van der Waals surface area contributed by atoms with E-state index < -0.39 is 9.84 Å². The number of allylic oxidation sites excluding steroid dienone is 2. The van der Waals surface area contributed by atoms with Crippen molar-refractivity contribution in [3.8, 4) is 0 Å². The number of rotatable bonds is 2. The molecule has 0 heterocycles. The Kier molecular flexibility index (Phi) is 3.02. The Balaban J connectivity index is 2.01. The summed E-state index contributed by atoms with van der Waals surface area (Å²) in [7, 11) is -3.26. The van der Waals surface area contributed by atoms with Crippen LogP contribution < -0.4 is 0 Å². The quantitative estimate of drug-likeness (QED) is 0.816. The van der Waals surface area contributed by atoms with Gasteiger partial charge in [-0.25, -0.2) is 8.42 Å². The lowest BCUT2D eigenvalue weighted by Gasteiger charge is -2.26. The van der Waals surface area contributed by atoms with Crippen LogP contribution in [0.3, 0.4) is 0 Å². The van der Waals surface area contributed by atoms with Gasteiger partial charge in [-0.15, -0.1) is 0 Å². The van der Waals surface area contributed by atoms with E-state index in [2.05, 4.69) is 0 Å². The van der Waals surface area contributed by atoms with E-state index in [9.17, 15) is 8.42 Å². The highest BCUT2D eigenvalue weighted by atomic mass is 32.2. The molecule has 0 amide bonds. The lowest BCUT2D eigenvalue weighted by molar-refractivity contribution is 0.401. The highest BCUT2D eigenvalue weighted by molar-refractivity contribution is 7.95. The number of sulfone groups is 1. The SMILES string of the molecule is O=S(=O)(C1=CCC[C@@H]2CCC[C@H]12)c1ccccc1. The van der Waals surface area contributed by atoms with Crippen molar-refractivity contribution < 1.29 is 8.42 Å². The highest BCUT2D eigenvalue weighted by Gasteiger charge is 2.38. The first-order valence-corrected chi connectivity index (χ1v) is 8.18. The Hall–Kier alpha value is -1.09. The Morgan fingerprint density at radius 2 is 1.78 bits per heavy atom. The van der Waals surface area contributed by atoms with Crippen LogP contribution in [0, 0.1) is 11.8 Å². The zero-order valence-electron chi connectivity index (χ0n) is 10.4. The third-order valence-electron chi connectivity index (χ3n) is 4.27. The predicted octanol–water partition coefficient (Wildman–Crippen LogP) is 3.55. The predicted molar refractivity (Wildman–Crippen MR) is 71.8 cm³/mol. The maximum atomic E-state index is 12.7. The third kappa shape index (κ3) is 1.91. The van der Waals surface area contributed by atoms with Crippen LogP contribution in [0.1, 0.15) is 32.1 Å². The van der Waals surface area contributed by atoms with Gasteiger partial charge in [0.25, 0.3) is 0 Å². The molecule has 0 spiro atoms. The van der Waals surface area contributed by atoms with Crippen molar-refractivity contribution in [3.05, 3.63) is 41.3 Å². The fourth-order valence-corrected chi connectivity index (χ4v) is 5.23. The normalized spacial score (nSPS) is 27.7. The molecule has 2 atom stereocenters. The summed E-state index contributed by atoms with van der Waals surface area (Å²) in [5.74, 6) is 0.882. The van der Waals surface area contributed by atoms with E-state index in [-0.39, 0.29) is 5.92 Å². The monoisotopic (exact) mass is 262 g/mol. The van der Waals surface area contributed by atoms with Gasteiger partial charge >= 0.3 is 0 Å². The van der Waals surface area contributed by atoms with Gasteiger partial charge in [-0.1, -0.05) is 30.7 Å². The smallest absolute Gasteiger partial charge is 0.202 e. The molecular weight excluding hydrogens is 244 g/mol. The molecule has 0 aliphatic heterocycles. The summed E-state index contributed by atoms with van der Waals surface area (Å²) in [6.45, 7) is 0. The van der Waals surface area contributed by atoms with Gasteiger partial charge in [0.2, 0.25) is 9.84 Å². The van der Waals surface area contributed by atoms with Gasteiger partial charge in [0.15, 0.2) is 0 Å². The molecule has 0 N–H and O–H groups in total. The average molecular weight is 262 g/mol. The van der Waals surface area contributed by atoms with E-state index in [0.29, 0.717) is 15.7 Å². The van der Waals surface area contributed by atoms with Gasteiger partial charge in [0.05, 0.1) is 4.90 Å². The molecule has 0 unspecified atom stereocenters. The molecule has 1 aromatic rings. The first kappa shape index (κ1) is 12.0. The molecule has 0 saturated heterocycles. The summed E-state index contributed by atoms with van der Waals surface area (Å²) in [4.78, 5) is 1.14. The van der Waals surface area contributed by atoms with Gasteiger partial charge in [-0.2, -0.15) is 0 Å². The van der Waals surface area contributed by atoms with E-state index in [1.54, 1.807) is 24.3 Å². The molecule has 0 bridgehead atoms. The second kappa shape index (κ2) is 4.54. The standard InChI is InChI=1S/C15H18O2S/c16-18(17,13-8-2-1-3-9-13)15-11-5-7-12-6-4-10-14(12)15/h1-3,8-9,11-12,14H,4-7,10H2/t12-,14-/m0/s1. The summed E-state index contributed by atoms with van der Waals surface area (Å²) in [6, 6.07) is 8.85. The minimum atomic E-state index is -3.26. The van der Waals surface area contributed by atoms with Gasteiger partial charge < -0.3 is 0 Å². The molecule has 1 saturated carbocycles. The van der Waals surface area contributed by atoms with Crippen LogP contribution in [0.5, 0.6) is 0 Å². The fraction of sp³-hybridized carbons (Fsp3) is 0.467. The molecule has 96 valence electrons. The molecular formula is C15H18O2S. The second-order valence-corrected chi connectivity index (χ2v) is 7.25. The van der Waals surface area contributed by atoms with Crippen molar-refractivity contribution in [2.24, 2.45) is 11.8 Å². The van der Waals surface area contributed by atoms with Crippen molar-refractivity contribution in [2.45, 2.75) is 37.0 Å². The minimum absolute atomic E-state index is 0.281. The number of hydrogen-bond acceptors (Lipinski definition) is 2. The zero-order valence-corrected chi connectivity index (χ0v) is 11.2. The molecule has 3 heteroatoms. The van der Waals surface area contributed by atoms with Crippen LogP contribution in [-0.4, -0.2) is 8.42 Å². The summed E-state index contributed by atoms with van der Waals surface area (Å²) in [6.07, 6.45) is 7.47. The van der Waals surface area contributed by atoms with E-state index in [4.69, 9.17) is 0 Å². The number of hydrogen-bond donors (Lipinski definition) is 0. The Morgan fingerprint density at radius 1 is 1.00 bits per heavy atom. The Morgan fingerprint density at radius 3 is 2.56 bits per heavy atom. The summed E-state index contributed by atoms with van der Waals surface area (Å²) in [5, 5.41) is 0. The maximum absolute atomic E-state index is 12.7. The van der Waals surface area contributed by atoms with E-state index in [1.807, 2.05) is 12.1 Å². The molecule has 1 aromatic carbocycles. The van der Waals surface area contributed by atoms with Crippen molar-refractivity contribution in [1.82, 2.24) is 0 Å². The molecule has 2 nitrogen and oxygen atoms in total. The summed E-state index contributed by atoms with van der Waals surface area (Å²) in [5.41, 5.74) is 0. The Bertz CT molecular complexity index is 557. The lowest BCUT2D eigenvalue weighted by atomic mass is 9.87. The number of benzene rings is 1. The fourth-order valence-electron chi connectivity index (χ4n) is 3.39. The minimum Gasteiger partial charge on any atom is -0.219 e. The second-order valence-electron chi connectivity index (χ2n) is 5.30. The third-order valence-corrected chi connectivity index (χ3v) is 6.25. The average Bonchev–Trinajstić information content (AvgIpc) is 2.87. The number of fused-ring (bicyclic) bond motifs is 1. The van der Waals surface area contributed by atoms with Crippen molar-refractivity contribution in [2.75, 3.05) is 0 Å². The van der Waals surface area contributed by atoms with Gasteiger partial charge in [0, 0.05) is 4.91 Å². The van der Waals surface area contributed by atoms with E-state index >= 15 is 0 Å². The topological polar surface area (TPSA) is 34.1 Å². The van der Waals surface area contributed by atoms with Crippen molar-refractivity contribution >= 4 is 9.84 Å². The highest BCUT2D eigenvalue weighted by Crippen LogP contribution is 2.45. The van der Waals surface area contributed by atoms with Gasteiger partial charge in [-0.05, 0) is 49.7 Å². The zero-order chi connectivity index (χ0) is 12.6. The summed E-state index contributed by atoms with van der Waals surface area (Å²) < 4.78 is 25.3. The summed E-state index contributed by atoms with van der Waals surface area (Å²) >= 11 is 0. The Labute approximate surface area is 109 Å². The van der Waals surface area contributed by atoms with Crippen LogP contribution in [0.4, 0.5) is 0 Å². The molecule has 0 radical (unpaired) electrons. The first-order chi connectivity index (χ1) is 8.69.